The van der Waals surface area contributed by atoms with Gasteiger partial charge < -0.3 is 10.2 Å². The summed E-state index contributed by atoms with van der Waals surface area (Å²) >= 11 is 0. The van der Waals surface area contributed by atoms with Crippen molar-refractivity contribution in [1.29, 1.82) is 0 Å². The van der Waals surface area contributed by atoms with Crippen molar-refractivity contribution in [3.8, 4) is 0 Å². The summed E-state index contributed by atoms with van der Waals surface area (Å²) in [4.78, 5) is 2.38. The van der Waals surface area contributed by atoms with E-state index in [2.05, 4.69) is 23.8 Å². The summed E-state index contributed by atoms with van der Waals surface area (Å²) in [6.07, 6.45) is 5.60. The molecule has 0 saturated carbocycles. The Hall–Kier alpha value is -0.340. The summed E-state index contributed by atoms with van der Waals surface area (Å²) in [5.41, 5.74) is 0. The summed E-state index contributed by atoms with van der Waals surface area (Å²) in [7, 11) is 4.18. The molecule has 0 spiro atoms. The van der Waals surface area contributed by atoms with E-state index in [9.17, 15) is 0 Å². The second-order valence-electron chi connectivity index (χ2n) is 3.19. The maximum absolute atomic E-state index is 3.70. The van der Waals surface area contributed by atoms with Gasteiger partial charge in [0.25, 0.3) is 0 Å². The number of allylic oxidation sites excluding steroid dienone is 1. The number of nitrogens with zero attached hydrogens (tertiary/aromatic N) is 1. The lowest BCUT2D eigenvalue weighted by atomic mass is 10.3. The Bertz CT molecular complexity index is 102. The number of unbranched alkanes of at least 4 members (excludes halogenated alkanes) is 1. The van der Waals surface area contributed by atoms with Gasteiger partial charge in [-0.15, -0.1) is 6.58 Å². The molecule has 0 aliphatic heterocycles. The molecule has 0 aromatic heterocycles. The molecule has 0 amide bonds. The van der Waals surface area contributed by atoms with Crippen molar-refractivity contribution in [1.82, 2.24) is 10.2 Å². The summed E-state index contributed by atoms with van der Waals surface area (Å²) in [6, 6.07) is 0. The van der Waals surface area contributed by atoms with Crippen molar-refractivity contribution in [2.75, 3.05) is 33.7 Å². The Morgan fingerprint density at radius 1 is 1.33 bits per heavy atom. The van der Waals surface area contributed by atoms with Crippen LogP contribution in [-0.4, -0.2) is 38.6 Å². The Morgan fingerprint density at radius 3 is 2.58 bits per heavy atom. The predicted octanol–water partition coefficient (Wildman–Crippen LogP) is 1.49. The normalized spacial score (nSPS) is 10.6. The SMILES string of the molecule is C=CCCCN(C)CCCNC. The quantitative estimate of drug-likeness (QED) is 0.438. The van der Waals surface area contributed by atoms with Crippen LogP contribution in [0.1, 0.15) is 19.3 Å². The second kappa shape index (κ2) is 8.75. The third-order valence-electron chi connectivity index (χ3n) is 1.91. The van der Waals surface area contributed by atoms with Crippen molar-refractivity contribution in [2.24, 2.45) is 0 Å². The molecule has 12 heavy (non-hydrogen) atoms. The molecule has 72 valence electrons. The first-order valence-electron chi connectivity index (χ1n) is 4.75. The van der Waals surface area contributed by atoms with E-state index in [0.717, 1.165) is 13.0 Å². The van der Waals surface area contributed by atoms with Crippen LogP contribution in [0.4, 0.5) is 0 Å². The molecule has 2 nitrogen and oxygen atoms in total. The minimum absolute atomic E-state index is 1.12. The molecule has 0 fully saturated rings. The van der Waals surface area contributed by atoms with Crippen molar-refractivity contribution in [2.45, 2.75) is 19.3 Å². The molecule has 0 aliphatic carbocycles. The van der Waals surface area contributed by atoms with Gasteiger partial charge in [-0.3, -0.25) is 0 Å². The van der Waals surface area contributed by atoms with Gasteiger partial charge in [-0.25, -0.2) is 0 Å². The van der Waals surface area contributed by atoms with Gasteiger partial charge in [-0.2, -0.15) is 0 Å². The highest BCUT2D eigenvalue weighted by Crippen LogP contribution is 1.93. The van der Waals surface area contributed by atoms with Crippen LogP contribution in [0.15, 0.2) is 12.7 Å². The first-order chi connectivity index (χ1) is 5.81. The molecule has 0 aromatic rings. The fourth-order valence-electron chi connectivity index (χ4n) is 1.14. The molecule has 0 unspecified atom stereocenters. The summed E-state index contributed by atoms with van der Waals surface area (Å²) in [5.74, 6) is 0. The average molecular weight is 170 g/mol. The maximum Gasteiger partial charge on any atom is -0.000969 e. The van der Waals surface area contributed by atoms with E-state index in [1.165, 1.54) is 25.9 Å². The minimum atomic E-state index is 1.12. The van der Waals surface area contributed by atoms with Crippen molar-refractivity contribution < 1.29 is 0 Å². The fraction of sp³-hybridized carbons (Fsp3) is 0.800. The number of nitrogens with one attached hydrogen (secondary N) is 1. The third kappa shape index (κ3) is 7.76. The van der Waals surface area contributed by atoms with E-state index >= 15 is 0 Å². The van der Waals surface area contributed by atoms with Crippen molar-refractivity contribution >= 4 is 0 Å². The lowest BCUT2D eigenvalue weighted by Gasteiger charge is -2.15. The molecule has 0 saturated heterocycles. The third-order valence-corrected chi connectivity index (χ3v) is 1.91. The molecule has 0 atom stereocenters. The smallest absolute Gasteiger partial charge is 0.000969 e. The Labute approximate surface area is 76.6 Å². The molecule has 0 bridgehead atoms. The van der Waals surface area contributed by atoms with Gasteiger partial charge in [0.1, 0.15) is 0 Å². The Morgan fingerprint density at radius 2 is 2.00 bits per heavy atom. The zero-order chi connectivity index (χ0) is 9.23. The van der Waals surface area contributed by atoms with Crippen LogP contribution in [0.2, 0.25) is 0 Å². The standard InChI is InChI=1S/C10H22N2/c1-4-5-6-9-12(3)10-7-8-11-2/h4,11H,1,5-10H2,2-3H3. The van der Waals surface area contributed by atoms with Crippen LogP contribution in [0, 0.1) is 0 Å². The van der Waals surface area contributed by atoms with E-state index in [4.69, 9.17) is 0 Å². The molecular formula is C10H22N2. The van der Waals surface area contributed by atoms with Gasteiger partial charge in [-0.05, 0) is 53.0 Å². The molecule has 0 aliphatic rings. The summed E-state index contributed by atoms with van der Waals surface area (Å²) in [6.45, 7) is 7.20. The first kappa shape index (κ1) is 11.7. The number of rotatable bonds is 8. The lowest BCUT2D eigenvalue weighted by Crippen LogP contribution is -2.23. The number of hydrogen-bond acceptors (Lipinski definition) is 2. The zero-order valence-electron chi connectivity index (χ0n) is 8.47. The van der Waals surface area contributed by atoms with Crippen LogP contribution in [0.5, 0.6) is 0 Å². The van der Waals surface area contributed by atoms with E-state index in [1.807, 2.05) is 13.1 Å². The molecular weight excluding hydrogens is 148 g/mol. The van der Waals surface area contributed by atoms with Crippen LogP contribution >= 0.6 is 0 Å². The largest absolute Gasteiger partial charge is 0.320 e. The maximum atomic E-state index is 3.70. The molecule has 0 radical (unpaired) electrons. The number of hydrogen-bond donors (Lipinski definition) is 1. The summed E-state index contributed by atoms with van der Waals surface area (Å²) < 4.78 is 0. The molecule has 0 aromatic carbocycles. The van der Waals surface area contributed by atoms with Crippen LogP contribution in [0.25, 0.3) is 0 Å². The predicted molar refractivity (Wildman–Crippen MR) is 55.5 cm³/mol. The minimum Gasteiger partial charge on any atom is -0.320 e. The zero-order valence-corrected chi connectivity index (χ0v) is 8.47. The van der Waals surface area contributed by atoms with E-state index in [1.54, 1.807) is 0 Å². The highest BCUT2D eigenvalue weighted by molar-refractivity contribution is 4.66. The van der Waals surface area contributed by atoms with Crippen molar-refractivity contribution in [3.05, 3.63) is 12.7 Å². The van der Waals surface area contributed by atoms with Crippen LogP contribution < -0.4 is 5.32 Å². The van der Waals surface area contributed by atoms with Crippen LogP contribution in [-0.2, 0) is 0 Å². The molecule has 0 rings (SSSR count). The lowest BCUT2D eigenvalue weighted by molar-refractivity contribution is 0.325. The highest BCUT2D eigenvalue weighted by Gasteiger charge is 1.95. The highest BCUT2D eigenvalue weighted by atomic mass is 15.1. The topological polar surface area (TPSA) is 15.3 Å². The Kier molecular flexibility index (Phi) is 8.51. The van der Waals surface area contributed by atoms with E-state index in [0.29, 0.717) is 0 Å². The van der Waals surface area contributed by atoms with Gasteiger partial charge in [0.2, 0.25) is 0 Å². The van der Waals surface area contributed by atoms with E-state index < -0.39 is 0 Å². The monoisotopic (exact) mass is 170 g/mol. The van der Waals surface area contributed by atoms with Gasteiger partial charge in [0, 0.05) is 0 Å². The van der Waals surface area contributed by atoms with Crippen LogP contribution in [0.3, 0.4) is 0 Å². The first-order valence-corrected chi connectivity index (χ1v) is 4.75. The van der Waals surface area contributed by atoms with Gasteiger partial charge in [0.05, 0.1) is 0 Å². The molecule has 2 heteroatoms. The second-order valence-corrected chi connectivity index (χ2v) is 3.19. The fourth-order valence-corrected chi connectivity index (χ4v) is 1.14. The van der Waals surface area contributed by atoms with Gasteiger partial charge >= 0.3 is 0 Å². The molecule has 0 heterocycles. The van der Waals surface area contributed by atoms with Gasteiger partial charge in [0.15, 0.2) is 0 Å². The summed E-state index contributed by atoms with van der Waals surface area (Å²) in [5, 5.41) is 3.15. The Balaban J connectivity index is 3.09. The van der Waals surface area contributed by atoms with E-state index in [-0.39, 0.29) is 0 Å². The average Bonchev–Trinajstić information content (AvgIpc) is 2.06. The van der Waals surface area contributed by atoms with Crippen molar-refractivity contribution in [3.63, 3.8) is 0 Å². The molecule has 1 N–H and O–H groups in total. The van der Waals surface area contributed by atoms with Gasteiger partial charge in [-0.1, -0.05) is 6.08 Å².